The van der Waals surface area contributed by atoms with Gasteiger partial charge in [-0.1, -0.05) is 26.2 Å². The Morgan fingerprint density at radius 2 is 1.82 bits per heavy atom. The quantitative estimate of drug-likeness (QED) is 0.737. The third-order valence-corrected chi connectivity index (χ3v) is 7.18. The van der Waals surface area contributed by atoms with E-state index in [2.05, 4.69) is 32.2 Å². The van der Waals surface area contributed by atoms with E-state index in [9.17, 15) is 4.79 Å². The van der Waals surface area contributed by atoms with Crippen molar-refractivity contribution in [1.29, 1.82) is 0 Å². The number of ether oxygens (including phenoxy) is 1. The number of aromatic nitrogens is 4. The lowest BCUT2D eigenvalue weighted by Crippen LogP contribution is -2.51. The Labute approximate surface area is 167 Å². The lowest BCUT2D eigenvalue weighted by molar-refractivity contribution is -0.142. The third-order valence-electron chi connectivity index (χ3n) is 7.18. The average molecular weight is 391 g/mol. The van der Waals surface area contributed by atoms with E-state index in [1.54, 1.807) is 7.11 Å². The number of tetrazole rings is 1. The number of hydrogen-bond acceptors (Lipinski definition) is 6. The summed E-state index contributed by atoms with van der Waals surface area (Å²) in [5, 5.41) is 12.7. The molecule has 3 aliphatic rings. The molecule has 0 radical (unpaired) electrons. The fourth-order valence-corrected chi connectivity index (χ4v) is 5.49. The van der Waals surface area contributed by atoms with E-state index in [1.165, 1.54) is 32.1 Å². The molecule has 1 saturated carbocycles. The first-order chi connectivity index (χ1) is 13.6. The summed E-state index contributed by atoms with van der Waals surface area (Å²) in [6.45, 7) is 6.99. The Morgan fingerprint density at radius 3 is 2.54 bits per heavy atom. The lowest BCUT2D eigenvalue weighted by Gasteiger charge is -2.39. The van der Waals surface area contributed by atoms with Crippen LogP contribution in [0, 0.1) is 5.41 Å². The van der Waals surface area contributed by atoms with Crippen molar-refractivity contribution in [2.45, 2.75) is 70.4 Å². The molecule has 1 aromatic rings. The normalized spacial score (nSPS) is 28.1. The average Bonchev–Trinajstić information content (AvgIpc) is 3.47. The molecular weight excluding hydrogens is 356 g/mol. The molecular formula is C20H34N6O2. The second kappa shape index (κ2) is 8.06. The van der Waals surface area contributed by atoms with Crippen LogP contribution in [0.4, 0.5) is 0 Å². The monoisotopic (exact) mass is 390 g/mol. The van der Waals surface area contributed by atoms with Gasteiger partial charge in [-0.15, -0.1) is 5.10 Å². The van der Waals surface area contributed by atoms with Crippen LogP contribution in [-0.2, 0) is 21.6 Å². The zero-order valence-electron chi connectivity index (χ0n) is 17.4. The molecule has 1 amide bonds. The van der Waals surface area contributed by atoms with Gasteiger partial charge in [0.2, 0.25) is 5.91 Å². The lowest BCUT2D eigenvalue weighted by atomic mass is 9.74. The van der Waals surface area contributed by atoms with E-state index in [0.29, 0.717) is 25.6 Å². The third kappa shape index (κ3) is 3.45. The minimum Gasteiger partial charge on any atom is -0.383 e. The van der Waals surface area contributed by atoms with E-state index in [0.717, 1.165) is 44.7 Å². The van der Waals surface area contributed by atoms with Gasteiger partial charge in [0.1, 0.15) is 5.54 Å². The summed E-state index contributed by atoms with van der Waals surface area (Å²) >= 11 is 0. The van der Waals surface area contributed by atoms with Crippen LogP contribution in [0.3, 0.4) is 0 Å². The fourth-order valence-electron chi connectivity index (χ4n) is 5.49. The Bertz CT molecular complexity index is 680. The summed E-state index contributed by atoms with van der Waals surface area (Å²) in [4.78, 5) is 18.1. The maximum absolute atomic E-state index is 13.5. The first-order valence-electron chi connectivity index (χ1n) is 10.9. The second-order valence-corrected chi connectivity index (χ2v) is 9.04. The van der Waals surface area contributed by atoms with Crippen molar-refractivity contribution in [3.63, 3.8) is 0 Å². The van der Waals surface area contributed by atoms with Gasteiger partial charge in [0, 0.05) is 25.6 Å². The molecule has 3 fully saturated rings. The molecule has 0 N–H and O–H groups in total. The largest absolute Gasteiger partial charge is 0.383 e. The number of rotatable bonds is 6. The van der Waals surface area contributed by atoms with Gasteiger partial charge in [-0.2, -0.15) is 0 Å². The Kier molecular flexibility index (Phi) is 5.69. The second-order valence-electron chi connectivity index (χ2n) is 9.04. The molecule has 2 saturated heterocycles. The first kappa shape index (κ1) is 19.8. The number of carbonyl (C=O) groups is 1. The van der Waals surface area contributed by atoms with Gasteiger partial charge in [-0.05, 0) is 55.6 Å². The summed E-state index contributed by atoms with van der Waals surface area (Å²) in [6, 6.07) is 0. The molecule has 1 aromatic heterocycles. The number of amides is 1. The smallest absolute Gasteiger partial charge is 0.228 e. The van der Waals surface area contributed by atoms with E-state index < -0.39 is 0 Å². The van der Waals surface area contributed by atoms with Crippen LogP contribution >= 0.6 is 0 Å². The van der Waals surface area contributed by atoms with E-state index in [4.69, 9.17) is 4.74 Å². The number of hydrogen-bond donors (Lipinski definition) is 0. The van der Waals surface area contributed by atoms with Crippen LogP contribution in [0.25, 0.3) is 0 Å². The highest BCUT2D eigenvalue weighted by Gasteiger charge is 2.52. The van der Waals surface area contributed by atoms with Gasteiger partial charge in [-0.25, -0.2) is 4.68 Å². The van der Waals surface area contributed by atoms with Gasteiger partial charge >= 0.3 is 0 Å². The van der Waals surface area contributed by atoms with Crippen LogP contribution in [0.15, 0.2) is 0 Å². The maximum Gasteiger partial charge on any atom is 0.228 e. The van der Waals surface area contributed by atoms with Gasteiger partial charge in [0.15, 0.2) is 5.82 Å². The standard InChI is InChI=1S/C20H34N6O2/c1-19(8-4-3-5-9-19)18(27)24-13-10-20(16-24,25-11-6-7-12-25)17-21-22-23-26(17)14-15-28-2/h3-16H2,1-2H3. The molecule has 3 heterocycles. The molecule has 1 unspecified atom stereocenters. The fraction of sp³-hybridized carbons (Fsp3) is 0.900. The molecule has 4 rings (SSSR count). The number of nitrogens with zero attached hydrogens (tertiary/aromatic N) is 6. The molecule has 2 aliphatic heterocycles. The number of likely N-dealkylation sites (tertiary alicyclic amines) is 2. The van der Waals surface area contributed by atoms with Crippen molar-refractivity contribution in [2.24, 2.45) is 5.41 Å². The van der Waals surface area contributed by atoms with Crippen molar-refractivity contribution in [3.05, 3.63) is 5.82 Å². The number of carbonyl (C=O) groups excluding carboxylic acids is 1. The van der Waals surface area contributed by atoms with E-state index in [1.807, 2.05) is 4.68 Å². The Morgan fingerprint density at radius 1 is 1.07 bits per heavy atom. The Hall–Kier alpha value is -1.54. The van der Waals surface area contributed by atoms with Crippen molar-refractivity contribution < 1.29 is 9.53 Å². The minimum atomic E-state index is -0.269. The molecule has 8 nitrogen and oxygen atoms in total. The van der Waals surface area contributed by atoms with Gasteiger partial charge in [0.25, 0.3) is 0 Å². The molecule has 0 bridgehead atoms. The molecule has 1 atom stereocenters. The topological polar surface area (TPSA) is 76.4 Å². The highest BCUT2D eigenvalue weighted by Crippen LogP contribution is 2.43. The first-order valence-corrected chi connectivity index (χ1v) is 10.9. The van der Waals surface area contributed by atoms with E-state index >= 15 is 0 Å². The van der Waals surface area contributed by atoms with Crippen LogP contribution < -0.4 is 0 Å². The van der Waals surface area contributed by atoms with Crippen molar-refractivity contribution >= 4 is 5.91 Å². The van der Waals surface area contributed by atoms with Crippen molar-refractivity contribution in [2.75, 3.05) is 39.9 Å². The summed E-state index contributed by atoms with van der Waals surface area (Å²) in [7, 11) is 1.70. The predicted octanol–water partition coefficient (Wildman–Crippen LogP) is 1.81. The molecule has 0 spiro atoms. The molecule has 1 aliphatic carbocycles. The molecule has 0 aromatic carbocycles. The summed E-state index contributed by atoms with van der Waals surface area (Å²) in [5.41, 5.74) is -0.463. The van der Waals surface area contributed by atoms with Crippen molar-refractivity contribution in [3.8, 4) is 0 Å². The molecule has 8 heteroatoms. The van der Waals surface area contributed by atoms with Gasteiger partial charge in [-0.3, -0.25) is 9.69 Å². The zero-order chi connectivity index (χ0) is 19.6. The van der Waals surface area contributed by atoms with Crippen LogP contribution in [-0.4, -0.2) is 75.8 Å². The zero-order valence-corrected chi connectivity index (χ0v) is 17.4. The highest BCUT2D eigenvalue weighted by molar-refractivity contribution is 5.83. The number of methoxy groups -OCH3 is 1. The minimum absolute atomic E-state index is 0.193. The summed E-state index contributed by atoms with van der Waals surface area (Å²) in [5.74, 6) is 1.24. The summed E-state index contributed by atoms with van der Waals surface area (Å²) < 4.78 is 7.14. The van der Waals surface area contributed by atoms with Crippen LogP contribution in [0.5, 0.6) is 0 Å². The van der Waals surface area contributed by atoms with E-state index in [-0.39, 0.29) is 11.0 Å². The SMILES string of the molecule is COCCn1nnnc1C1(N2CCCC2)CCN(C(=O)C2(C)CCCCC2)C1. The van der Waals surface area contributed by atoms with Gasteiger partial charge < -0.3 is 9.64 Å². The van der Waals surface area contributed by atoms with Gasteiger partial charge in [0.05, 0.1) is 13.2 Å². The summed E-state index contributed by atoms with van der Waals surface area (Å²) in [6.07, 6.45) is 8.94. The highest BCUT2D eigenvalue weighted by atomic mass is 16.5. The van der Waals surface area contributed by atoms with Crippen molar-refractivity contribution in [1.82, 2.24) is 30.0 Å². The predicted molar refractivity (Wildman–Crippen MR) is 105 cm³/mol. The molecule has 28 heavy (non-hydrogen) atoms. The van der Waals surface area contributed by atoms with Crippen LogP contribution in [0.2, 0.25) is 0 Å². The Balaban J connectivity index is 1.60. The maximum atomic E-state index is 13.5. The molecule has 156 valence electrons. The van der Waals surface area contributed by atoms with Crippen LogP contribution in [0.1, 0.15) is 64.1 Å².